The average Bonchev–Trinajstić information content (AvgIpc) is 3.02. The van der Waals surface area contributed by atoms with E-state index < -0.39 is 10.0 Å². The van der Waals surface area contributed by atoms with Crippen molar-refractivity contribution in [3.8, 4) is 0 Å². The van der Waals surface area contributed by atoms with Crippen LogP contribution in [0.1, 0.15) is 40.6 Å². The van der Waals surface area contributed by atoms with Gasteiger partial charge in [0.25, 0.3) is 15.9 Å². The van der Waals surface area contributed by atoms with Crippen LogP contribution in [-0.4, -0.2) is 32.7 Å². The molecule has 0 aliphatic rings. The molecule has 24 heavy (non-hydrogen) atoms. The summed E-state index contributed by atoms with van der Waals surface area (Å²) in [5.74, 6) is 0.251. The molecule has 2 rings (SSSR count). The van der Waals surface area contributed by atoms with Crippen molar-refractivity contribution >= 4 is 27.3 Å². The second kappa shape index (κ2) is 7.46. The maximum absolute atomic E-state index is 12.2. The van der Waals surface area contributed by atoms with E-state index in [2.05, 4.69) is 19.2 Å². The second-order valence-electron chi connectivity index (χ2n) is 5.97. The van der Waals surface area contributed by atoms with Gasteiger partial charge in [-0.25, -0.2) is 12.7 Å². The molecule has 1 heterocycles. The maximum Gasteiger partial charge on any atom is 0.252 e. The summed E-state index contributed by atoms with van der Waals surface area (Å²) in [5.41, 5.74) is 1.78. The molecule has 2 aromatic rings. The first kappa shape index (κ1) is 18.6. The van der Waals surface area contributed by atoms with Crippen LogP contribution >= 0.6 is 11.3 Å². The Bertz CT molecular complexity index is 807. The first-order chi connectivity index (χ1) is 11.2. The molecule has 130 valence electrons. The molecular formula is C17H22N2O3S2. The first-order valence-corrected chi connectivity index (χ1v) is 9.87. The molecule has 0 fully saturated rings. The zero-order valence-electron chi connectivity index (χ0n) is 14.2. The van der Waals surface area contributed by atoms with Crippen LogP contribution in [0.3, 0.4) is 0 Å². The lowest BCUT2D eigenvalue weighted by Crippen LogP contribution is -2.22. The molecule has 1 amide bonds. The van der Waals surface area contributed by atoms with E-state index in [1.54, 1.807) is 24.3 Å². The minimum Gasteiger partial charge on any atom is -0.347 e. The van der Waals surface area contributed by atoms with Crippen LogP contribution in [0.4, 0.5) is 0 Å². The molecule has 5 nitrogen and oxygen atoms in total. The van der Waals surface area contributed by atoms with E-state index in [4.69, 9.17) is 0 Å². The lowest BCUT2D eigenvalue weighted by atomic mass is 10.0. The minimum atomic E-state index is -3.42. The van der Waals surface area contributed by atoms with Gasteiger partial charge >= 0.3 is 0 Å². The second-order valence-corrected chi connectivity index (χ2v) is 9.51. The molecule has 0 aliphatic heterocycles. The molecule has 0 unspecified atom stereocenters. The van der Waals surface area contributed by atoms with E-state index in [0.29, 0.717) is 18.0 Å². The average molecular weight is 367 g/mol. The maximum atomic E-state index is 12.2. The van der Waals surface area contributed by atoms with Gasteiger partial charge in [-0.3, -0.25) is 4.79 Å². The van der Waals surface area contributed by atoms with Crippen LogP contribution in [0.2, 0.25) is 0 Å². The number of carbonyl (C=O) groups excluding carboxylic acids is 1. The Morgan fingerprint density at radius 2 is 1.75 bits per heavy atom. The lowest BCUT2D eigenvalue weighted by Gasteiger charge is -2.08. The zero-order chi connectivity index (χ0) is 17.9. The Kier molecular flexibility index (Phi) is 5.79. The Morgan fingerprint density at radius 3 is 2.29 bits per heavy atom. The van der Waals surface area contributed by atoms with Gasteiger partial charge in [-0.05, 0) is 35.7 Å². The highest BCUT2D eigenvalue weighted by Gasteiger charge is 2.19. The third-order valence-electron chi connectivity index (χ3n) is 3.63. The number of sulfonamides is 1. The molecule has 0 radical (unpaired) electrons. The third-order valence-corrected chi connectivity index (χ3v) is 7.00. The van der Waals surface area contributed by atoms with Gasteiger partial charge in [0, 0.05) is 24.5 Å². The normalized spacial score (nSPS) is 11.9. The van der Waals surface area contributed by atoms with Crippen molar-refractivity contribution in [2.45, 2.75) is 30.5 Å². The van der Waals surface area contributed by atoms with Gasteiger partial charge in [0.05, 0.1) is 6.54 Å². The minimum absolute atomic E-state index is 0.171. The van der Waals surface area contributed by atoms with Crippen molar-refractivity contribution in [1.82, 2.24) is 9.62 Å². The smallest absolute Gasteiger partial charge is 0.252 e. The number of benzene rings is 1. The molecule has 0 saturated heterocycles. The summed E-state index contributed by atoms with van der Waals surface area (Å²) in [6.45, 7) is 4.51. The molecule has 7 heteroatoms. The van der Waals surface area contributed by atoms with Crippen molar-refractivity contribution < 1.29 is 13.2 Å². The van der Waals surface area contributed by atoms with Crippen LogP contribution < -0.4 is 5.32 Å². The quantitative estimate of drug-likeness (QED) is 0.854. The summed E-state index contributed by atoms with van der Waals surface area (Å²) in [4.78, 5) is 13.0. The van der Waals surface area contributed by atoms with E-state index in [1.807, 2.05) is 12.1 Å². The van der Waals surface area contributed by atoms with Gasteiger partial charge in [0.2, 0.25) is 0 Å². The molecule has 0 atom stereocenters. The van der Waals surface area contributed by atoms with Crippen LogP contribution in [-0.2, 0) is 16.6 Å². The van der Waals surface area contributed by atoms with Crippen molar-refractivity contribution in [1.29, 1.82) is 0 Å². The highest BCUT2D eigenvalue weighted by molar-refractivity contribution is 7.91. The molecule has 1 aromatic heterocycles. The number of nitrogens with zero attached hydrogens (tertiary/aromatic N) is 1. The van der Waals surface area contributed by atoms with Gasteiger partial charge in [-0.15, -0.1) is 11.3 Å². The van der Waals surface area contributed by atoms with Gasteiger partial charge in [0.1, 0.15) is 4.21 Å². The largest absolute Gasteiger partial charge is 0.347 e. The Balaban J connectivity index is 2.01. The summed E-state index contributed by atoms with van der Waals surface area (Å²) in [6, 6.07) is 10.8. The summed E-state index contributed by atoms with van der Waals surface area (Å²) in [5, 5.41) is 2.82. The summed E-state index contributed by atoms with van der Waals surface area (Å²) in [6.07, 6.45) is 0. The SMILES string of the molecule is CC(C)c1ccc(C(=O)NCc2ccc(S(=O)(=O)N(C)C)s2)cc1. The van der Waals surface area contributed by atoms with Crippen LogP contribution in [0, 0.1) is 0 Å². The van der Waals surface area contributed by atoms with E-state index in [-0.39, 0.29) is 10.1 Å². The number of nitrogens with one attached hydrogen (secondary N) is 1. The number of hydrogen-bond acceptors (Lipinski definition) is 4. The summed E-state index contributed by atoms with van der Waals surface area (Å²) in [7, 11) is -0.426. The van der Waals surface area contributed by atoms with Crippen LogP contribution in [0.5, 0.6) is 0 Å². The Labute approximate surface area is 147 Å². The van der Waals surface area contributed by atoms with Crippen LogP contribution in [0.15, 0.2) is 40.6 Å². The Hall–Kier alpha value is -1.70. The van der Waals surface area contributed by atoms with Gasteiger partial charge < -0.3 is 5.32 Å². The van der Waals surface area contributed by atoms with Crippen LogP contribution in [0.25, 0.3) is 0 Å². The predicted molar refractivity (Wildman–Crippen MR) is 96.9 cm³/mol. The first-order valence-electron chi connectivity index (χ1n) is 7.61. The van der Waals surface area contributed by atoms with E-state index >= 15 is 0 Å². The number of amides is 1. The highest BCUT2D eigenvalue weighted by atomic mass is 32.2. The van der Waals surface area contributed by atoms with Gasteiger partial charge in [-0.1, -0.05) is 26.0 Å². The number of carbonyl (C=O) groups is 1. The standard InChI is InChI=1S/C17H22N2O3S2/c1-12(2)13-5-7-14(8-6-13)17(20)18-11-15-9-10-16(23-15)24(21,22)19(3)4/h5-10,12H,11H2,1-4H3,(H,18,20). The van der Waals surface area contributed by atoms with Crippen molar-refractivity contribution in [2.75, 3.05) is 14.1 Å². The highest BCUT2D eigenvalue weighted by Crippen LogP contribution is 2.23. The van der Waals surface area contributed by atoms with Crippen molar-refractivity contribution in [2.24, 2.45) is 0 Å². The topological polar surface area (TPSA) is 66.5 Å². The fourth-order valence-electron chi connectivity index (χ4n) is 2.06. The monoisotopic (exact) mass is 366 g/mol. The Morgan fingerprint density at radius 1 is 1.12 bits per heavy atom. The molecule has 1 aromatic carbocycles. The number of hydrogen-bond donors (Lipinski definition) is 1. The molecule has 0 spiro atoms. The molecule has 0 saturated carbocycles. The third kappa shape index (κ3) is 4.23. The van der Waals surface area contributed by atoms with Crippen molar-refractivity contribution in [3.05, 3.63) is 52.4 Å². The van der Waals surface area contributed by atoms with Gasteiger partial charge in [-0.2, -0.15) is 0 Å². The summed E-state index contributed by atoms with van der Waals surface area (Å²) >= 11 is 1.17. The van der Waals surface area contributed by atoms with E-state index in [9.17, 15) is 13.2 Å². The number of thiophene rings is 1. The van der Waals surface area contributed by atoms with E-state index in [0.717, 1.165) is 4.88 Å². The molecule has 1 N–H and O–H groups in total. The predicted octanol–water partition coefficient (Wildman–Crippen LogP) is 3.05. The lowest BCUT2D eigenvalue weighted by molar-refractivity contribution is 0.0951. The molecule has 0 bridgehead atoms. The number of rotatable bonds is 6. The fourth-order valence-corrected chi connectivity index (χ4v) is 4.53. The van der Waals surface area contributed by atoms with Crippen molar-refractivity contribution in [3.63, 3.8) is 0 Å². The zero-order valence-corrected chi connectivity index (χ0v) is 15.9. The molecule has 0 aliphatic carbocycles. The molecular weight excluding hydrogens is 344 g/mol. The fraction of sp³-hybridized carbons (Fsp3) is 0.353. The van der Waals surface area contributed by atoms with Gasteiger partial charge in [0.15, 0.2) is 0 Å². The van der Waals surface area contributed by atoms with E-state index in [1.165, 1.54) is 35.3 Å². The summed E-state index contributed by atoms with van der Waals surface area (Å²) < 4.78 is 25.5.